The fraction of sp³-hybridized carbons (Fsp3) is 0.611. The van der Waals surface area contributed by atoms with Crippen molar-refractivity contribution in [3.05, 3.63) is 35.9 Å². The Morgan fingerprint density at radius 1 is 1.14 bits per heavy atom. The molecule has 6 nitrogen and oxygen atoms in total. The molecule has 0 bridgehead atoms. The standard InChI is InChI=1S/C18H23F3N2O4S/c1-23(2)16-22-11-12(24)13(25)14(27-15(11)28-16)17(26,18(19,20)21)9-8-10-6-4-3-5-7-10/h3-7,11-15,24-26H,8-9H2,1-2H3/t11-,12-,13+,14+,15-,17+/m1/s1. The van der Waals surface area contributed by atoms with Gasteiger partial charge in [-0.2, -0.15) is 13.2 Å². The molecule has 0 aromatic heterocycles. The first-order valence-electron chi connectivity index (χ1n) is 8.81. The molecule has 28 heavy (non-hydrogen) atoms. The minimum atomic E-state index is -5.06. The molecule has 10 heteroatoms. The summed E-state index contributed by atoms with van der Waals surface area (Å²) >= 11 is 1.06. The zero-order chi connectivity index (χ0) is 20.7. The Kier molecular flexibility index (Phi) is 5.98. The van der Waals surface area contributed by atoms with Gasteiger partial charge in [0.1, 0.15) is 29.8 Å². The summed E-state index contributed by atoms with van der Waals surface area (Å²) in [6.07, 6.45) is -11.4. The number of rotatable bonds is 4. The number of hydrogen-bond acceptors (Lipinski definition) is 7. The minimum Gasteiger partial charge on any atom is -0.388 e. The van der Waals surface area contributed by atoms with Gasteiger partial charge >= 0.3 is 6.18 Å². The molecule has 156 valence electrons. The summed E-state index contributed by atoms with van der Waals surface area (Å²) < 4.78 is 47.1. The Hall–Kier alpha value is -1.33. The molecule has 0 aliphatic carbocycles. The SMILES string of the molecule is CN(C)C1=N[C@@H]2[C@@H](O)[C@H](O)[C@@H]([C@@](O)(CCc3ccccc3)C(F)(F)F)O[C@@H]2S1. The van der Waals surface area contributed by atoms with Crippen LogP contribution in [0.15, 0.2) is 35.3 Å². The highest BCUT2D eigenvalue weighted by molar-refractivity contribution is 8.14. The summed E-state index contributed by atoms with van der Waals surface area (Å²) in [5, 5.41) is 31.9. The van der Waals surface area contributed by atoms with Gasteiger partial charge in [0.05, 0.1) is 0 Å². The van der Waals surface area contributed by atoms with E-state index in [1.165, 1.54) is 0 Å². The van der Waals surface area contributed by atoms with Crippen LogP contribution in [0.5, 0.6) is 0 Å². The highest BCUT2D eigenvalue weighted by atomic mass is 32.2. The van der Waals surface area contributed by atoms with Gasteiger partial charge in [-0.05, 0) is 18.4 Å². The molecule has 0 amide bonds. The number of nitrogens with zero attached hydrogens (tertiary/aromatic N) is 2. The summed E-state index contributed by atoms with van der Waals surface area (Å²) in [5.74, 6) is 0. The van der Waals surface area contributed by atoms with Crippen LogP contribution in [0, 0.1) is 0 Å². The van der Waals surface area contributed by atoms with Crippen LogP contribution in [0.25, 0.3) is 0 Å². The molecule has 1 aromatic carbocycles. The average molecular weight is 420 g/mol. The van der Waals surface area contributed by atoms with Crippen molar-refractivity contribution in [3.8, 4) is 0 Å². The smallest absolute Gasteiger partial charge is 0.388 e. The Morgan fingerprint density at radius 3 is 2.36 bits per heavy atom. The number of benzene rings is 1. The van der Waals surface area contributed by atoms with Crippen LogP contribution in [-0.4, -0.2) is 81.0 Å². The number of aryl methyl sites for hydroxylation is 1. The van der Waals surface area contributed by atoms with Crippen molar-refractivity contribution in [1.82, 2.24) is 4.90 Å². The van der Waals surface area contributed by atoms with Gasteiger partial charge in [0.2, 0.25) is 0 Å². The van der Waals surface area contributed by atoms with E-state index in [0.717, 1.165) is 11.8 Å². The molecule has 2 heterocycles. The van der Waals surface area contributed by atoms with Gasteiger partial charge in [-0.1, -0.05) is 42.1 Å². The van der Waals surface area contributed by atoms with Gasteiger partial charge in [-0.25, -0.2) is 0 Å². The lowest BCUT2D eigenvalue weighted by Gasteiger charge is -2.46. The zero-order valence-electron chi connectivity index (χ0n) is 15.4. The van der Waals surface area contributed by atoms with Crippen molar-refractivity contribution in [2.24, 2.45) is 4.99 Å². The van der Waals surface area contributed by atoms with Crippen molar-refractivity contribution < 1.29 is 33.2 Å². The maximum atomic E-state index is 13.9. The van der Waals surface area contributed by atoms with E-state index < -0.39 is 48.0 Å². The first kappa shape index (κ1) is 21.4. The number of hydrogen-bond donors (Lipinski definition) is 3. The lowest BCUT2D eigenvalue weighted by Crippen LogP contribution is -2.67. The second-order valence-electron chi connectivity index (χ2n) is 7.23. The number of fused-ring (bicyclic) bond motifs is 1. The molecule has 6 atom stereocenters. The third kappa shape index (κ3) is 3.88. The third-order valence-electron chi connectivity index (χ3n) is 5.03. The summed E-state index contributed by atoms with van der Waals surface area (Å²) in [4.78, 5) is 5.87. The fourth-order valence-electron chi connectivity index (χ4n) is 3.38. The maximum Gasteiger partial charge on any atom is 0.419 e. The maximum absolute atomic E-state index is 13.9. The van der Waals surface area contributed by atoms with Crippen LogP contribution in [0.3, 0.4) is 0 Å². The van der Waals surface area contributed by atoms with E-state index in [1.807, 2.05) is 0 Å². The summed E-state index contributed by atoms with van der Waals surface area (Å²) in [6.45, 7) is 0. The van der Waals surface area contributed by atoms with E-state index >= 15 is 0 Å². The first-order chi connectivity index (χ1) is 13.0. The molecule has 0 saturated carbocycles. The van der Waals surface area contributed by atoms with Gasteiger partial charge in [-0.15, -0.1) is 0 Å². The number of thioether (sulfide) groups is 1. The van der Waals surface area contributed by atoms with Gasteiger partial charge in [0, 0.05) is 14.1 Å². The minimum absolute atomic E-state index is 0.0692. The van der Waals surface area contributed by atoms with Crippen molar-refractivity contribution in [2.45, 2.75) is 54.4 Å². The quantitative estimate of drug-likeness (QED) is 0.683. The monoisotopic (exact) mass is 420 g/mol. The van der Waals surface area contributed by atoms with E-state index in [1.54, 1.807) is 49.3 Å². The molecular formula is C18H23F3N2O4S. The van der Waals surface area contributed by atoms with Crippen molar-refractivity contribution in [1.29, 1.82) is 0 Å². The third-order valence-corrected chi connectivity index (χ3v) is 6.34. The molecule has 3 rings (SSSR count). The van der Waals surface area contributed by atoms with Crippen LogP contribution < -0.4 is 0 Å². The predicted molar refractivity (Wildman–Crippen MR) is 98.9 cm³/mol. The number of aliphatic hydroxyl groups is 3. The molecule has 2 aliphatic heterocycles. The largest absolute Gasteiger partial charge is 0.419 e. The molecule has 3 N–H and O–H groups in total. The fourth-order valence-corrected chi connectivity index (χ4v) is 4.52. The molecule has 1 saturated heterocycles. The van der Waals surface area contributed by atoms with Crippen LogP contribution >= 0.6 is 11.8 Å². The highest BCUT2D eigenvalue weighted by Crippen LogP contribution is 2.45. The number of aliphatic imine (C=N–C) groups is 1. The van der Waals surface area contributed by atoms with Gasteiger partial charge in [-0.3, -0.25) is 4.99 Å². The lowest BCUT2D eigenvalue weighted by atomic mass is 9.81. The van der Waals surface area contributed by atoms with Crippen molar-refractivity contribution in [2.75, 3.05) is 14.1 Å². The Bertz CT molecular complexity index is 719. The summed E-state index contributed by atoms with van der Waals surface area (Å²) in [6, 6.07) is 7.53. The first-order valence-corrected chi connectivity index (χ1v) is 9.69. The predicted octanol–water partition coefficient (Wildman–Crippen LogP) is 1.39. The molecule has 2 aliphatic rings. The van der Waals surface area contributed by atoms with Gasteiger partial charge in [0.25, 0.3) is 0 Å². The Labute approximate surface area is 165 Å². The Balaban J connectivity index is 1.84. The molecule has 0 spiro atoms. The van der Waals surface area contributed by atoms with Crippen LogP contribution in [-0.2, 0) is 11.2 Å². The molecule has 1 aromatic rings. The second kappa shape index (κ2) is 7.83. The second-order valence-corrected chi connectivity index (χ2v) is 8.29. The Morgan fingerprint density at radius 2 is 1.79 bits per heavy atom. The summed E-state index contributed by atoms with van der Waals surface area (Å²) in [7, 11) is 3.41. The van der Waals surface area contributed by atoms with Gasteiger partial charge in [0.15, 0.2) is 10.8 Å². The highest BCUT2D eigenvalue weighted by Gasteiger charge is 2.65. The van der Waals surface area contributed by atoms with Crippen molar-refractivity contribution in [3.63, 3.8) is 0 Å². The van der Waals surface area contributed by atoms with E-state index in [2.05, 4.69) is 4.99 Å². The number of halogens is 3. The lowest BCUT2D eigenvalue weighted by molar-refractivity contribution is -0.326. The van der Waals surface area contributed by atoms with Crippen LogP contribution in [0.1, 0.15) is 12.0 Å². The topological polar surface area (TPSA) is 85.5 Å². The van der Waals surface area contributed by atoms with E-state index in [9.17, 15) is 28.5 Å². The van der Waals surface area contributed by atoms with E-state index in [0.29, 0.717) is 10.7 Å². The average Bonchev–Trinajstić information content (AvgIpc) is 3.07. The summed E-state index contributed by atoms with van der Waals surface area (Å²) in [5.41, 5.74) is -3.64. The zero-order valence-corrected chi connectivity index (χ0v) is 16.2. The normalized spacial score (nSPS) is 32.4. The van der Waals surface area contributed by atoms with Gasteiger partial charge < -0.3 is 25.0 Å². The molecule has 0 radical (unpaired) electrons. The van der Waals surface area contributed by atoms with Crippen LogP contribution in [0.2, 0.25) is 0 Å². The van der Waals surface area contributed by atoms with Crippen molar-refractivity contribution >= 4 is 16.9 Å². The molecular weight excluding hydrogens is 397 g/mol. The molecule has 1 fully saturated rings. The molecule has 0 unspecified atom stereocenters. The number of alkyl halides is 3. The van der Waals surface area contributed by atoms with E-state index in [4.69, 9.17) is 4.74 Å². The number of aliphatic hydroxyl groups excluding tert-OH is 2. The van der Waals surface area contributed by atoms with Crippen LogP contribution in [0.4, 0.5) is 13.2 Å². The number of amidine groups is 1. The number of ether oxygens (including phenoxy) is 1. The van der Waals surface area contributed by atoms with E-state index in [-0.39, 0.29) is 6.42 Å².